The van der Waals surface area contributed by atoms with Crippen LogP contribution in [0, 0.1) is 0 Å². The third-order valence-electron chi connectivity index (χ3n) is 5.37. The van der Waals surface area contributed by atoms with Gasteiger partial charge in [0.1, 0.15) is 0 Å². The molecule has 0 spiro atoms. The average Bonchev–Trinajstić information content (AvgIpc) is 2.55. The summed E-state index contributed by atoms with van der Waals surface area (Å²) in [5.74, 6) is 0. The first-order valence-corrected chi connectivity index (χ1v) is 10.6. The molecule has 0 nitrogen and oxygen atoms in total. The largest absolute Gasteiger partial charge is 0.0710 e. The van der Waals surface area contributed by atoms with Gasteiger partial charge in [0.2, 0.25) is 0 Å². The van der Waals surface area contributed by atoms with Gasteiger partial charge in [0.15, 0.2) is 0 Å². The molecule has 1 aliphatic carbocycles. The molecule has 0 fully saturated rings. The van der Waals surface area contributed by atoms with E-state index in [0.717, 1.165) is 0 Å². The minimum atomic E-state index is 1.37. The average molecular weight is 307 g/mol. The molecule has 130 valence electrons. The highest BCUT2D eigenvalue weighted by molar-refractivity contribution is 5.17. The van der Waals surface area contributed by atoms with Gasteiger partial charge in [-0.25, -0.2) is 0 Å². The second kappa shape index (κ2) is 14.3. The van der Waals surface area contributed by atoms with Crippen LogP contribution in [-0.4, -0.2) is 0 Å². The Kier molecular flexibility index (Phi) is 12.9. The number of unbranched alkanes of at least 4 members (excludes halogenated alkanes) is 10. The Morgan fingerprint density at radius 3 is 1.27 bits per heavy atom. The van der Waals surface area contributed by atoms with E-state index in [1.165, 1.54) is 116 Å². The predicted octanol–water partition coefficient (Wildman–Crippen LogP) is 8.36. The first-order chi connectivity index (χ1) is 10.9. The van der Waals surface area contributed by atoms with E-state index in [1.54, 1.807) is 0 Å². The van der Waals surface area contributed by atoms with Gasteiger partial charge in [0.25, 0.3) is 0 Å². The van der Waals surface area contributed by atoms with E-state index in [1.807, 2.05) is 11.1 Å². The molecule has 0 saturated heterocycles. The molecule has 0 amide bonds. The van der Waals surface area contributed by atoms with Crippen LogP contribution >= 0.6 is 0 Å². The summed E-state index contributed by atoms with van der Waals surface area (Å²) in [7, 11) is 0. The Bertz CT molecular complexity index is 246. The maximum atomic E-state index is 2.31. The zero-order valence-corrected chi connectivity index (χ0v) is 15.7. The van der Waals surface area contributed by atoms with Crippen LogP contribution in [-0.2, 0) is 0 Å². The molecule has 0 saturated carbocycles. The summed E-state index contributed by atoms with van der Waals surface area (Å²) in [4.78, 5) is 0. The number of rotatable bonds is 14. The molecule has 0 atom stereocenters. The van der Waals surface area contributed by atoms with Crippen molar-refractivity contribution < 1.29 is 0 Å². The maximum absolute atomic E-state index is 2.31. The van der Waals surface area contributed by atoms with Crippen LogP contribution < -0.4 is 0 Å². The molecule has 0 bridgehead atoms. The third kappa shape index (κ3) is 9.70. The Balaban J connectivity index is 2.16. The second-order valence-corrected chi connectivity index (χ2v) is 7.45. The van der Waals surface area contributed by atoms with Gasteiger partial charge in [0, 0.05) is 0 Å². The van der Waals surface area contributed by atoms with Gasteiger partial charge in [-0.3, -0.25) is 0 Å². The van der Waals surface area contributed by atoms with Gasteiger partial charge in [-0.1, -0.05) is 89.2 Å². The summed E-state index contributed by atoms with van der Waals surface area (Å²) < 4.78 is 0. The van der Waals surface area contributed by atoms with Crippen molar-refractivity contribution in [2.75, 3.05) is 0 Å². The highest BCUT2D eigenvalue weighted by Crippen LogP contribution is 2.31. The summed E-state index contributed by atoms with van der Waals surface area (Å²) >= 11 is 0. The van der Waals surface area contributed by atoms with Crippen molar-refractivity contribution in [1.82, 2.24) is 0 Å². The summed E-state index contributed by atoms with van der Waals surface area (Å²) in [6, 6.07) is 0. The Morgan fingerprint density at radius 1 is 0.500 bits per heavy atom. The highest BCUT2D eigenvalue weighted by atomic mass is 14.2. The first kappa shape index (κ1) is 19.8. The van der Waals surface area contributed by atoms with Crippen LogP contribution in [0.2, 0.25) is 0 Å². The first-order valence-electron chi connectivity index (χ1n) is 10.6. The van der Waals surface area contributed by atoms with E-state index in [0.29, 0.717) is 0 Å². The minimum absolute atomic E-state index is 1.37. The van der Waals surface area contributed by atoms with E-state index in [-0.39, 0.29) is 0 Å². The topological polar surface area (TPSA) is 0 Å². The van der Waals surface area contributed by atoms with Crippen molar-refractivity contribution in [3.8, 4) is 0 Å². The number of hydrogen-bond acceptors (Lipinski definition) is 0. The summed E-state index contributed by atoms with van der Waals surface area (Å²) in [5.41, 5.74) is 3.77. The van der Waals surface area contributed by atoms with Crippen molar-refractivity contribution in [1.29, 1.82) is 0 Å². The molecule has 0 aromatic heterocycles. The molecule has 22 heavy (non-hydrogen) atoms. The lowest BCUT2D eigenvalue weighted by Crippen LogP contribution is -2.01. The van der Waals surface area contributed by atoms with Crippen LogP contribution in [0.25, 0.3) is 0 Å². The molecule has 0 aliphatic heterocycles. The minimum Gasteiger partial charge on any atom is -0.0710 e. The van der Waals surface area contributed by atoms with Crippen LogP contribution in [0.4, 0.5) is 0 Å². The summed E-state index contributed by atoms with van der Waals surface area (Å²) in [5, 5.41) is 0. The van der Waals surface area contributed by atoms with Crippen molar-refractivity contribution in [3.05, 3.63) is 11.1 Å². The molecule has 0 heterocycles. The molecular formula is C22H42. The number of hydrogen-bond donors (Lipinski definition) is 0. The van der Waals surface area contributed by atoms with Crippen LogP contribution in [0.15, 0.2) is 11.1 Å². The summed E-state index contributed by atoms with van der Waals surface area (Å²) in [6.07, 6.45) is 26.0. The second-order valence-electron chi connectivity index (χ2n) is 7.45. The van der Waals surface area contributed by atoms with Crippen LogP contribution in [0.5, 0.6) is 0 Å². The van der Waals surface area contributed by atoms with Crippen LogP contribution in [0.1, 0.15) is 129 Å². The molecular weight excluding hydrogens is 264 g/mol. The van der Waals surface area contributed by atoms with Gasteiger partial charge >= 0.3 is 0 Å². The molecule has 0 N–H and O–H groups in total. The SMILES string of the molecule is CCCCCCCCC1=C(CCCCCCCC)CCCC1. The summed E-state index contributed by atoms with van der Waals surface area (Å²) in [6.45, 7) is 4.61. The lowest BCUT2D eigenvalue weighted by molar-refractivity contribution is 0.560. The zero-order valence-electron chi connectivity index (χ0n) is 15.7. The van der Waals surface area contributed by atoms with Gasteiger partial charge in [-0.2, -0.15) is 0 Å². The highest BCUT2D eigenvalue weighted by Gasteiger charge is 2.12. The number of allylic oxidation sites excluding steroid dienone is 2. The molecule has 0 heteroatoms. The molecule has 1 aliphatic rings. The fraction of sp³-hybridized carbons (Fsp3) is 0.909. The van der Waals surface area contributed by atoms with Gasteiger partial charge in [-0.05, 0) is 51.4 Å². The fourth-order valence-electron chi connectivity index (χ4n) is 3.87. The quantitative estimate of drug-likeness (QED) is 0.223. The molecule has 0 aromatic carbocycles. The standard InChI is InChI=1S/C22H42/c1-3-5-7-9-11-13-17-21-19-15-16-20-22(21)18-14-12-10-8-6-4-2/h3-20H2,1-2H3. The fourth-order valence-corrected chi connectivity index (χ4v) is 3.87. The van der Waals surface area contributed by atoms with E-state index in [2.05, 4.69) is 13.8 Å². The molecule has 0 radical (unpaired) electrons. The smallest absolute Gasteiger partial charge is 0.0318 e. The van der Waals surface area contributed by atoms with Crippen molar-refractivity contribution >= 4 is 0 Å². The zero-order chi connectivity index (χ0) is 15.9. The molecule has 1 rings (SSSR count). The van der Waals surface area contributed by atoms with Crippen molar-refractivity contribution in [2.45, 2.75) is 129 Å². The normalized spacial score (nSPS) is 15.5. The Labute approximate surface area is 141 Å². The Hall–Kier alpha value is -0.260. The van der Waals surface area contributed by atoms with E-state index >= 15 is 0 Å². The van der Waals surface area contributed by atoms with Gasteiger partial charge in [-0.15, -0.1) is 0 Å². The third-order valence-corrected chi connectivity index (χ3v) is 5.37. The maximum Gasteiger partial charge on any atom is -0.0318 e. The Morgan fingerprint density at radius 2 is 0.864 bits per heavy atom. The van der Waals surface area contributed by atoms with Gasteiger partial charge < -0.3 is 0 Å². The van der Waals surface area contributed by atoms with E-state index in [9.17, 15) is 0 Å². The van der Waals surface area contributed by atoms with Crippen molar-refractivity contribution in [3.63, 3.8) is 0 Å². The lowest BCUT2D eigenvalue weighted by Gasteiger charge is -2.21. The van der Waals surface area contributed by atoms with Gasteiger partial charge in [0.05, 0.1) is 0 Å². The van der Waals surface area contributed by atoms with Crippen LogP contribution in [0.3, 0.4) is 0 Å². The van der Waals surface area contributed by atoms with Crippen molar-refractivity contribution in [2.24, 2.45) is 0 Å². The monoisotopic (exact) mass is 306 g/mol. The molecule has 0 unspecified atom stereocenters. The van der Waals surface area contributed by atoms with E-state index < -0.39 is 0 Å². The van der Waals surface area contributed by atoms with E-state index in [4.69, 9.17) is 0 Å². The lowest BCUT2D eigenvalue weighted by atomic mass is 9.86. The molecule has 0 aromatic rings. The predicted molar refractivity (Wildman–Crippen MR) is 101 cm³/mol.